The maximum Gasteiger partial charge on any atom is 0.411 e. The van der Waals surface area contributed by atoms with E-state index < -0.39 is 25.3 Å². The fourth-order valence-corrected chi connectivity index (χ4v) is 2.22. The highest BCUT2D eigenvalue weighted by Crippen LogP contribution is 2.20. The number of nitrogens with one attached hydrogen (secondary N) is 1. The molecule has 0 aliphatic rings. The quantitative estimate of drug-likeness (QED) is 0.848. The van der Waals surface area contributed by atoms with Gasteiger partial charge in [-0.05, 0) is 25.1 Å². The Balaban J connectivity index is 2.07. The summed E-state index contributed by atoms with van der Waals surface area (Å²) in [7, 11) is 0. The lowest BCUT2D eigenvalue weighted by molar-refractivity contribution is -0.174. The molecule has 1 N–H and O–H groups in total. The minimum absolute atomic E-state index is 0.348. The standard InChI is InChI=1S/C14H13BrF3N3O2/c1-9-5-12(19-13(22)7-23-8-14(16,17)18)21(20-9)11-4-2-3-10(15)6-11/h2-6H,7-8H2,1H3,(H,19,22). The molecular formula is C14H13BrF3N3O2. The van der Waals surface area contributed by atoms with Gasteiger partial charge in [0.15, 0.2) is 0 Å². The Kier molecular flexibility index (Phi) is 5.42. The van der Waals surface area contributed by atoms with Crippen LogP contribution in [0.5, 0.6) is 0 Å². The van der Waals surface area contributed by atoms with E-state index in [0.717, 1.165) is 4.47 Å². The number of amides is 1. The van der Waals surface area contributed by atoms with Crippen LogP contribution in [0.1, 0.15) is 5.69 Å². The summed E-state index contributed by atoms with van der Waals surface area (Å²) in [6.45, 7) is -0.420. The van der Waals surface area contributed by atoms with E-state index in [4.69, 9.17) is 0 Å². The molecule has 5 nitrogen and oxygen atoms in total. The third-order valence-corrected chi connectivity index (χ3v) is 3.14. The van der Waals surface area contributed by atoms with Crippen molar-refractivity contribution in [3.8, 4) is 5.69 Å². The molecule has 1 heterocycles. The Labute approximate surface area is 138 Å². The first-order chi connectivity index (χ1) is 10.7. The van der Waals surface area contributed by atoms with Gasteiger partial charge in [0.2, 0.25) is 0 Å². The molecule has 1 aromatic carbocycles. The molecule has 0 spiro atoms. The van der Waals surface area contributed by atoms with Gasteiger partial charge in [0.1, 0.15) is 19.0 Å². The zero-order valence-corrected chi connectivity index (χ0v) is 13.6. The molecule has 0 unspecified atom stereocenters. The zero-order valence-electron chi connectivity index (χ0n) is 12.0. The number of carbonyl (C=O) groups excluding carboxylic acids is 1. The van der Waals surface area contributed by atoms with Crippen molar-refractivity contribution in [1.82, 2.24) is 9.78 Å². The minimum atomic E-state index is -4.46. The smallest absolute Gasteiger partial charge is 0.362 e. The second kappa shape index (κ2) is 7.14. The molecule has 9 heteroatoms. The number of hydrogen-bond donors (Lipinski definition) is 1. The molecule has 23 heavy (non-hydrogen) atoms. The summed E-state index contributed by atoms with van der Waals surface area (Å²) >= 11 is 3.34. The molecule has 0 aliphatic carbocycles. The van der Waals surface area contributed by atoms with Crippen molar-refractivity contribution < 1.29 is 22.7 Å². The highest BCUT2D eigenvalue weighted by atomic mass is 79.9. The molecule has 1 amide bonds. The summed E-state index contributed by atoms with van der Waals surface area (Å²) in [4.78, 5) is 11.7. The van der Waals surface area contributed by atoms with Gasteiger partial charge in [-0.3, -0.25) is 4.79 Å². The first-order valence-corrected chi connectivity index (χ1v) is 7.31. The number of nitrogens with zero attached hydrogens (tertiary/aromatic N) is 2. The van der Waals surface area contributed by atoms with Crippen LogP contribution in [0.15, 0.2) is 34.8 Å². The van der Waals surface area contributed by atoms with Gasteiger partial charge < -0.3 is 10.1 Å². The van der Waals surface area contributed by atoms with Crippen molar-refractivity contribution in [2.75, 3.05) is 18.5 Å². The number of carbonyl (C=O) groups is 1. The number of ether oxygens (including phenoxy) is 1. The van der Waals surface area contributed by atoms with Crippen LogP contribution in [0.25, 0.3) is 5.69 Å². The molecule has 124 valence electrons. The molecule has 0 atom stereocenters. The number of aromatic nitrogens is 2. The summed E-state index contributed by atoms with van der Waals surface area (Å²) in [6, 6.07) is 8.83. The van der Waals surface area contributed by atoms with Gasteiger partial charge in [-0.2, -0.15) is 18.3 Å². The number of halogens is 4. The van der Waals surface area contributed by atoms with Crippen LogP contribution in [0, 0.1) is 6.92 Å². The summed E-state index contributed by atoms with van der Waals surface area (Å²) in [6.07, 6.45) is -4.46. The first-order valence-electron chi connectivity index (χ1n) is 6.51. The van der Waals surface area contributed by atoms with Crippen molar-refractivity contribution in [2.24, 2.45) is 0 Å². The number of alkyl halides is 3. The zero-order chi connectivity index (χ0) is 17.0. The normalized spacial score (nSPS) is 11.5. The van der Waals surface area contributed by atoms with Crippen molar-refractivity contribution in [1.29, 1.82) is 0 Å². The predicted molar refractivity (Wildman–Crippen MR) is 81.5 cm³/mol. The Morgan fingerprint density at radius 1 is 1.39 bits per heavy atom. The molecule has 0 aliphatic heterocycles. The average Bonchev–Trinajstić information content (AvgIpc) is 2.78. The van der Waals surface area contributed by atoms with Gasteiger partial charge in [0, 0.05) is 10.5 Å². The predicted octanol–water partition coefficient (Wildman–Crippen LogP) is 3.46. The highest BCUT2D eigenvalue weighted by molar-refractivity contribution is 9.10. The minimum Gasteiger partial charge on any atom is -0.362 e. The van der Waals surface area contributed by atoms with Gasteiger partial charge in [0.05, 0.1) is 11.4 Å². The third-order valence-electron chi connectivity index (χ3n) is 2.65. The molecule has 0 saturated carbocycles. The number of rotatable bonds is 5. The third kappa shape index (κ3) is 5.36. The lowest BCUT2D eigenvalue weighted by Crippen LogP contribution is -2.24. The second-order valence-corrected chi connectivity index (χ2v) is 5.63. The molecule has 0 saturated heterocycles. The molecule has 2 rings (SSSR count). The van der Waals surface area contributed by atoms with Crippen LogP contribution in [-0.2, 0) is 9.53 Å². The van der Waals surface area contributed by atoms with Crippen LogP contribution < -0.4 is 5.32 Å². The number of anilines is 1. The number of benzene rings is 1. The molecule has 0 fully saturated rings. The van der Waals surface area contributed by atoms with Crippen molar-refractivity contribution in [3.05, 3.63) is 40.5 Å². The van der Waals surface area contributed by atoms with E-state index in [9.17, 15) is 18.0 Å². The SMILES string of the molecule is Cc1cc(NC(=O)COCC(F)(F)F)n(-c2cccc(Br)c2)n1. The van der Waals surface area contributed by atoms with Gasteiger partial charge in [-0.25, -0.2) is 4.68 Å². The molecular weight excluding hydrogens is 379 g/mol. The van der Waals surface area contributed by atoms with E-state index in [1.807, 2.05) is 6.07 Å². The summed E-state index contributed by atoms with van der Waals surface area (Å²) in [5.74, 6) is -0.341. The number of hydrogen-bond acceptors (Lipinski definition) is 3. The molecule has 0 radical (unpaired) electrons. The summed E-state index contributed by atoms with van der Waals surface area (Å²) < 4.78 is 42.6. The van der Waals surface area contributed by atoms with E-state index in [0.29, 0.717) is 17.2 Å². The van der Waals surface area contributed by atoms with Crippen LogP contribution in [-0.4, -0.2) is 35.1 Å². The largest absolute Gasteiger partial charge is 0.411 e. The lowest BCUT2D eigenvalue weighted by atomic mass is 10.3. The Morgan fingerprint density at radius 3 is 2.78 bits per heavy atom. The van der Waals surface area contributed by atoms with Gasteiger partial charge in [-0.1, -0.05) is 22.0 Å². The maximum absolute atomic E-state index is 12.0. The number of aryl methyl sites for hydroxylation is 1. The van der Waals surface area contributed by atoms with Crippen LogP contribution in [0.3, 0.4) is 0 Å². The van der Waals surface area contributed by atoms with E-state index >= 15 is 0 Å². The fourth-order valence-electron chi connectivity index (χ4n) is 1.83. The summed E-state index contributed by atoms with van der Waals surface area (Å²) in [5.41, 5.74) is 1.34. The van der Waals surface area contributed by atoms with Crippen molar-refractivity contribution in [3.63, 3.8) is 0 Å². The highest BCUT2D eigenvalue weighted by Gasteiger charge is 2.27. The van der Waals surface area contributed by atoms with Crippen LogP contribution in [0.2, 0.25) is 0 Å². The van der Waals surface area contributed by atoms with Crippen LogP contribution >= 0.6 is 15.9 Å². The van der Waals surface area contributed by atoms with E-state index in [1.165, 1.54) is 4.68 Å². The lowest BCUT2D eigenvalue weighted by Gasteiger charge is -2.10. The van der Waals surface area contributed by atoms with E-state index in [-0.39, 0.29) is 0 Å². The Bertz CT molecular complexity index is 701. The summed E-state index contributed by atoms with van der Waals surface area (Å²) in [5, 5.41) is 6.74. The Hall–Kier alpha value is -1.87. The molecule has 1 aromatic heterocycles. The van der Waals surface area contributed by atoms with E-state index in [1.54, 1.807) is 31.2 Å². The van der Waals surface area contributed by atoms with Gasteiger partial charge in [-0.15, -0.1) is 0 Å². The van der Waals surface area contributed by atoms with Crippen molar-refractivity contribution in [2.45, 2.75) is 13.1 Å². The molecule has 2 aromatic rings. The second-order valence-electron chi connectivity index (χ2n) is 4.72. The van der Waals surface area contributed by atoms with E-state index in [2.05, 4.69) is 31.1 Å². The maximum atomic E-state index is 12.0. The van der Waals surface area contributed by atoms with Crippen molar-refractivity contribution >= 4 is 27.7 Å². The topological polar surface area (TPSA) is 56.1 Å². The molecule has 0 bridgehead atoms. The van der Waals surface area contributed by atoms with Gasteiger partial charge >= 0.3 is 6.18 Å². The first kappa shape index (κ1) is 17.5. The monoisotopic (exact) mass is 391 g/mol. The Morgan fingerprint density at radius 2 is 2.13 bits per heavy atom. The fraction of sp³-hybridized carbons (Fsp3) is 0.286. The van der Waals surface area contributed by atoms with Gasteiger partial charge in [0.25, 0.3) is 5.91 Å². The average molecular weight is 392 g/mol. The van der Waals surface area contributed by atoms with Crippen LogP contribution in [0.4, 0.5) is 19.0 Å².